The highest BCUT2D eigenvalue weighted by atomic mass is 32.1. The first-order valence-electron chi connectivity index (χ1n) is 9.04. The zero-order valence-corrected chi connectivity index (χ0v) is 17.5. The van der Waals surface area contributed by atoms with Gasteiger partial charge in [0.2, 0.25) is 0 Å². The number of rotatable bonds is 7. The minimum Gasteiger partial charge on any atom is -0.493 e. The van der Waals surface area contributed by atoms with E-state index in [4.69, 9.17) is 14.2 Å². The second-order valence-electron chi connectivity index (χ2n) is 5.90. The van der Waals surface area contributed by atoms with Crippen LogP contribution in [0.3, 0.4) is 0 Å². The fourth-order valence-electron chi connectivity index (χ4n) is 2.88. The average molecular weight is 418 g/mol. The maximum Gasteiger partial charge on any atom is 0.326 e. The first-order valence-corrected chi connectivity index (χ1v) is 9.85. The lowest BCUT2D eigenvalue weighted by atomic mass is 10.3. The number of methoxy groups -OCH3 is 2. The summed E-state index contributed by atoms with van der Waals surface area (Å²) in [4.78, 5) is 29.5. The van der Waals surface area contributed by atoms with Gasteiger partial charge in [-0.15, -0.1) is 0 Å². The van der Waals surface area contributed by atoms with Crippen molar-refractivity contribution in [3.05, 3.63) is 34.9 Å². The molecule has 9 nitrogen and oxygen atoms in total. The lowest BCUT2D eigenvalue weighted by Crippen LogP contribution is -2.23. The topological polar surface area (TPSA) is 96.9 Å². The summed E-state index contributed by atoms with van der Waals surface area (Å²) in [5.41, 5.74) is 1.07. The number of esters is 1. The van der Waals surface area contributed by atoms with Gasteiger partial charge in [-0.1, -0.05) is 11.3 Å². The summed E-state index contributed by atoms with van der Waals surface area (Å²) in [5.74, 6) is 0.200. The van der Waals surface area contributed by atoms with Crippen LogP contribution in [-0.4, -0.2) is 47.1 Å². The molecular formula is C19H22N4O5S. The lowest BCUT2D eigenvalue weighted by Gasteiger charge is -2.09. The number of benzene rings is 1. The molecule has 3 rings (SSSR count). The van der Waals surface area contributed by atoms with Crippen molar-refractivity contribution >= 4 is 33.4 Å². The van der Waals surface area contributed by atoms with Gasteiger partial charge in [-0.2, -0.15) is 10.1 Å². The number of aryl methyl sites for hydroxylation is 1. The van der Waals surface area contributed by atoms with Crippen LogP contribution in [0.25, 0.3) is 10.2 Å². The van der Waals surface area contributed by atoms with E-state index >= 15 is 0 Å². The Bertz CT molecular complexity index is 1110. The quantitative estimate of drug-likeness (QED) is 0.546. The number of carbonyl (C=O) groups excluding carboxylic acids is 2. The Morgan fingerprint density at radius 1 is 1.17 bits per heavy atom. The third-order valence-corrected chi connectivity index (χ3v) is 5.25. The van der Waals surface area contributed by atoms with E-state index in [-0.39, 0.29) is 13.2 Å². The summed E-state index contributed by atoms with van der Waals surface area (Å²) in [7, 11) is 3.08. The highest BCUT2D eigenvalue weighted by molar-refractivity contribution is 7.16. The molecule has 0 saturated carbocycles. The van der Waals surface area contributed by atoms with E-state index in [1.165, 1.54) is 18.4 Å². The van der Waals surface area contributed by atoms with Gasteiger partial charge in [0.1, 0.15) is 12.2 Å². The van der Waals surface area contributed by atoms with Crippen molar-refractivity contribution < 1.29 is 23.8 Å². The zero-order valence-electron chi connectivity index (χ0n) is 16.7. The molecule has 0 bridgehead atoms. The highest BCUT2D eigenvalue weighted by Gasteiger charge is 2.17. The fraction of sp³-hybridized carbons (Fsp3) is 0.368. The molecule has 2 heterocycles. The maximum absolute atomic E-state index is 12.7. The largest absolute Gasteiger partial charge is 0.493 e. The first-order chi connectivity index (χ1) is 14.0. The van der Waals surface area contributed by atoms with Crippen LogP contribution in [0.15, 0.2) is 29.4 Å². The number of amides is 1. The van der Waals surface area contributed by atoms with Crippen LogP contribution in [0, 0.1) is 0 Å². The van der Waals surface area contributed by atoms with Crippen LogP contribution in [-0.2, 0) is 22.6 Å². The van der Waals surface area contributed by atoms with E-state index in [2.05, 4.69) is 10.1 Å². The summed E-state index contributed by atoms with van der Waals surface area (Å²) in [6.45, 7) is 4.36. The Morgan fingerprint density at radius 2 is 1.90 bits per heavy atom. The summed E-state index contributed by atoms with van der Waals surface area (Å²) in [6, 6.07) is 5.16. The van der Waals surface area contributed by atoms with Crippen LogP contribution in [0.1, 0.15) is 24.3 Å². The molecule has 0 aliphatic carbocycles. The highest BCUT2D eigenvalue weighted by Crippen LogP contribution is 2.33. The third kappa shape index (κ3) is 4.16. The van der Waals surface area contributed by atoms with Crippen molar-refractivity contribution in [2.45, 2.75) is 26.9 Å². The van der Waals surface area contributed by atoms with E-state index in [1.54, 1.807) is 47.7 Å². The van der Waals surface area contributed by atoms with Crippen LogP contribution >= 0.6 is 11.3 Å². The van der Waals surface area contributed by atoms with Crippen molar-refractivity contribution in [2.75, 3.05) is 20.8 Å². The van der Waals surface area contributed by atoms with Gasteiger partial charge in [-0.05, 0) is 19.9 Å². The zero-order chi connectivity index (χ0) is 21.0. The monoisotopic (exact) mass is 418 g/mol. The molecule has 29 heavy (non-hydrogen) atoms. The molecule has 3 aromatic rings. The Labute approximate surface area is 171 Å². The average Bonchev–Trinajstić information content (AvgIpc) is 3.32. The first kappa shape index (κ1) is 20.6. The van der Waals surface area contributed by atoms with Crippen LogP contribution < -0.4 is 14.3 Å². The van der Waals surface area contributed by atoms with Crippen LogP contribution in [0.4, 0.5) is 0 Å². The molecule has 154 valence electrons. The van der Waals surface area contributed by atoms with Gasteiger partial charge >= 0.3 is 5.97 Å². The molecule has 0 radical (unpaired) electrons. The number of nitrogens with zero attached hydrogens (tertiary/aromatic N) is 4. The molecule has 0 aliphatic rings. The van der Waals surface area contributed by atoms with Gasteiger partial charge in [-0.25, -0.2) is 0 Å². The molecule has 0 atom stereocenters. The van der Waals surface area contributed by atoms with Crippen molar-refractivity contribution in [1.29, 1.82) is 0 Å². The number of hydrogen-bond donors (Lipinski definition) is 0. The Hall–Kier alpha value is -3.14. The van der Waals surface area contributed by atoms with Gasteiger partial charge in [0, 0.05) is 24.9 Å². The second kappa shape index (κ2) is 8.91. The van der Waals surface area contributed by atoms with Crippen molar-refractivity contribution in [3.8, 4) is 11.5 Å². The minimum absolute atomic E-state index is 0.0809. The van der Waals surface area contributed by atoms with Crippen LogP contribution in [0.2, 0.25) is 0 Å². The van der Waals surface area contributed by atoms with Crippen molar-refractivity contribution in [2.24, 2.45) is 4.99 Å². The van der Waals surface area contributed by atoms with Gasteiger partial charge in [-0.3, -0.25) is 14.3 Å². The molecule has 1 amide bonds. The van der Waals surface area contributed by atoms with E-state index in [9.17, 15) is 9.59 Å². The number of fused-ring (bicyclic) bond motifs is 1. The molecule has 0 saturated heterocycles. The fourth-order valence-corrected chi connectivity index (χ4v) is 3.92. The Morgan fingerprint density at radius 3 is 2.55 bits per heavy atom. The summed E-state index contributed by atoms with van der Waals surface area (Å²) < 4.78 is 19.8. The summed E-state index contributed by atoms with van der Waals surface area (Å²) in [6.07, 6.45) is 1.56. The third-order valence-electron chi connectivity index (χ3n) is 4.21. The molecule has 0 fully saturated rings. The van der Waals surface area contributed by atoms with Crippen molar-refractivity contribution in [1.82, 2.24) is 14.3 Å². The van der Waals surface area contributed by atoms with Crippen molar-refractivity contribution in [3.63, 3.8) is 0 Å². The van der Waals surface area contributed by atoms with E-state index < -0.39 is 11.9 Å². The number of aromatic nitrogens is 3. The predicted molar refractivity (Wildman–Crippen MR) is 107 cm³/mol. The number of ether oxygens (including phenoxy) is 3. The van der Waals surface area contributed by atoms with E-state index in [1.807, 2.05) is 6.92 Å². The van der Waals surface area contributed by atoms with Crippen LogP contribution in [0.5, 0.6) is 11.5 Å². The van der Waals surface area contributed by atoms with Gasteiger partial charge in [0.25, 0.3) is 5.91 Å². The Kier molecular flexibility index (Phi) is 6.32. The molecule has 0 spiro atoms. The minimum atomic E-state index is -0.438. The smallest absolute Gasteiger partial charge is 0.326 e. The lowest BCUT2D eigenvalue weighted by molar-refractivity contribution is -0.143. The second-order valence-corrected chi connectivity index (χ2v) is 6.91. The molecule has 10 heteroatoms. The predicted octanol–water partition coefficient (Wildman–Crippen LogP) is 2.24. The summed E-state index contributed by atoms with van der Waals surface area (Å²) >= 11 is 1.27. The number of carbonyl (C=O) groups is 2. The standard InChI is InChI=1S/C19H22N4O5S/c1-5-23-12(7-8-20-23)18(25)21-19-22(11-17(24)28-6-2)13-9-14(26-3)15(27-4)10-16(13)29-19/h7-10H,5-6,11H2,1-4H3. The van der Waals surface area contributed by atoms with E-state index in [0.717, 1.165) is 4.70 Å². The number of thiazole rings is 1. The molecule has 0 unspecified atom stereocenters. The summed E-state index contributed by atoms with van der Waals surface area (Å²) in [5, 5.41) is 4.11. The number of hydrogen-bond acceptors (Lipinski definition) is 7. The maximum atomic E-state index is 12.7. The van der Waals surface area contributed by atoms with Gasteiger partial charge in [0.05, 0.1) is 31.0 Å². The SMILES string of the molecule is CCOC(=O)Cn1c(=NC(=O)c2ccnn2CC)sc2cc(OC)c(OC)cc21. The Balaban J connectivity index is 2.18. The van der Waals surface area contributed by atoms with Gasteiger partial charge in [0.15, 0.2) is 16.3 Å². The normalized spacial score (nSPS) is 11.7. The molecule has 2 aromatic heterocycles. The van der Waals surface area contributed by atoms with E-state index in [0.29, 0.717) is 34.1 Å². The van der Waals surface area contributed by atoms with Gasteiger partial charge < -0.3 is 18.8 Å². The molecule has 1 aromatic carbocycles. The molecule has 0 aliphatic heterocycles. The molecular weight excluding hydrogens is 396 g/mol. The molecule has 0 N–H and O–H groups in total.